The number of Topliss-reactive ketones (excluding diaryl/α,β-unsaturated/α-hetero) is 1. The van der Waals surface area contributed by atoms with E-state index in [4.69, 9.17) is 14.2 Å². The first kappa shape index (κ1) is 49.4. The molecule has 5 aromatic rings. The maximum absolute atomic E-state index is 13.5. The summed E-state index contributed by atoms with van der Waals surface area (Å²) >= 11 is 0. The predicted molar refractivity (Wildman–Crippen MR) is 244 cm³/mol. The number of ketones is 1. The second-order valence-corrected chi connectivity index (χ2v) is 15.2. The van der Waals surface area contributed by atoms with Crippen LogP contribution in [0.1, 0.15) is 86.4 Å². The molecule has 0 aliphatic carbocycles. The molecular weight excluding hydrogens is 873 g/mol. The summed E-state index contributed by atoms with van der Waals surface area (Å²) < 4.78 is 16.7. The molecule has 0 aromatic heterocycles. The molecular formula is C47H46N6O14. The zero-order valence-electron chi connectivity index (χ0n) is 36.9. The molecule has 7 N–H and O–H groups in total. The van der Waals surface area contributed by atoms with Crippen LogP contribution in [0.15, 0.2) is 103 Å². The van der Waals surface area contributed by atoms with Crippen molar-refractivity contribution in [1.82, 2.24) is 5.32 Å². The highest BCUT2D eigenvalue weighted by molar-refractivity contribution is 6.10. The average Bonchev–Trinajstić information content (AvgIpc) is 3.28. The van der Waals surface area contributed by atoms with Gasteiger partial charge in [-0.2, -0.15) is 0 Å². The van der Waals surface area contributed by atoms with Crippen molar-refractivity contribution in [3.8, 4) is 17.2 Å². The number of methoxy groups -OCH3 is 1. The molecule has 20 heteroatoms. The zero-order chi connectivity index (χ0) is 49.1. The first-order valence-electron chi connectivity index (χ1n) is 20.4. The quantitative estimate of drug-likeness (QED) is 0.0259. The highest BCUT2D eigenvalue weighted by Crippen LogP contribution is 2.39. The van der Waals surface area contributed by atoms with E-state index in [9.17, 15) is 53.9 Å². The Morgan fingerprint density at radius 2 is 1.10 bits per heavy atom. The van der Waals surface area contributed by atoms with E-state index in [-0.39, 0.29) is 74.1 Å². The zero-order valence-corrected chi connectivity index (χ0v) is 36.9. The van der Waals surface area contributed by atoms with Gasteiger partial charge in [-0.25, -0.2) is 4.79 Å². The van der Waals surface area contributed by atoms with Crippen LogP contribution in [-0.4, -0.2) is 87.9 Å². The summed E-state index contributed by atoms with van der Waals surface area (Å²) in [4.78, 5) is 101. The Kier molecular flexibility index (Phi) is 16.1. The number of hydrogen-bond donors (Lipinski definition) is 7. The molecule has 67 heavy (non-hydrogen) atoms. The lowest BCUT2D eigenvalue weighted by Gasteiger charge is -2.23. The van der Waals surface area contributed by atoms with Gasteiger partial charge < -0.3 is 51.0 Å². The van der Waals surface area contributed by atoms with E-state index in [0.717, 1.165) is 7.11 Å². The normalized spacial score (nSPS) is 11.7. The van der Waals surface area contributed by atoms with Crippen LogP contribution in [0.3, 0.4) is 0 Å². The molecule has 0 radical (unpaired) electrons. The molecule has 2 unspecified atom stereocenters. The number of nitrogens with zero attached hydrogens (tertiary/aromatic N) is 1. The fraction of sp³-hybridized carbons (Fsp3) is 0.213. The number of ether oxygens (including phenoxy) is 3. The van der Waals surface area contributed by atoms with E-state index < -0.39 is 64.4 Å². The van der Waals surface area contributed by atoms with Gasteiger partial charge in [-0.05, 0) is 126 Å². The largest absolute Gasteiger partial charge is 0.504 e. The number of carbonyl (C=O) groups is 7. The van der Waals surface area contributed by atoms with Gasteiger partial charge in [-0.3, -0.25) is 38.9 Å². The van der Waals surface area contributed by atoms with E-state index in [1.165, 1.54) is 110 Å². The van der Waals surface area contributed by atoms with Crippen LogP contribution >= 0.6 is 0 Å². The summed E-state index contributed by atoms with van der Waals surface area (Å²) in [6.45, 7) is 8.30. The summed E-state index contributed by atoms with van der Waals surface area (Å²) in [5.74, 6) is -6.16. The van der Waals surface area contributed by atoms with Gasteiger partial charge in [0.05, 0.1) is 34.1 Å². The molecule has 0 aliphatic heterocycles. The first-order valence-corrected chi connectivity index (χ1v) is 20.4. The molecule has 0 saturated heterocycles. The molecule has 5 rings (SSSR count). The minimum absolute atomic E-state index is 0.0132. The number of nitrogens with one attached hydrogen (secondary N) is 5. The van der Waals surface area contributed by atoms with Gasteiger partial charge in [0.1, 0.15) is 11.8 Å². The number of benzene rings is 5. The number of carboxylic acids is 1. The number of nitro groups is 1. The van der Waals surface area contributed by atoms with Gasteiger partial charge in [0.15, 0.2) is 23.4 Å². The van der Waals surface area contributed by atoms with E-state index in [1.54, 1.807) is 27.7 Å². The van der Waals surface area contributed by atoms with Crippen LogP contribution in [0, 0.1) is 10.1 Å². The molecule has 0 spiro atoms. The van der Waals surface area contributed by atoms with Gasteiger partial charge in [0.25, 0.3) is 29.3 Å². The molecule has 0 bridgehead atoms. The van der Waals surface area contributed by atoms with Crippen molar-refractivity contribution in [2.75, 3.05) is 28.4 Å². The fourth-order valence-corrected chi connectivity index (χ4v) is 6.24. The van der Waals surface area contributed by atoms with Crippen molar-refractivity contribution >= 4 is 69.7 Å². The Bertz CT molecular complexity index is 2700. The number of non-ortho nitro benzene ring substituents is 1. The van der Waals surface area contributed by atoms with Crippen molar-refractivity contribution in [1.29, 1.82) is 0 Å². The number of aliphatic carboxylic acids is 1. The SMILES string of the molecule is COC(C(=O)O)C(NC(=O)c1ccc(NC(=O)c2ccc([N+](=O)[O-])cc2)cc1)C(=O)Nc1ccc(C(=O)Nc2ccc(C(=O)Nc3ccc(C(C)=O)cc3OC(C)C)c(O)c2OC(C)C)cc1. The van der Waals surface area contributed by atoms with Crippen LogP contribution in [0.5, 0.6) is 17.2 Å². The maximum Gasteiger partial charge on any atom is 0.335 e. The number of phenolic OH excluding ortho intramolecular Hbond substituents is 1. The molecule has 2 atom stereocenters. The highest BCUT2D eigenvalue weighted by atomic mass is 16.6. The van der Waals surface area contributed by atoms with Crippen LogP contribution in [0.2, 0.25) is 0 Å². The van der Waals surface area contributed by atoms with Crippen LogP contribution < -0.4 is 36.1 Å². The number of rotatable bonds is 19. The molecule has 348 valence electrons. The Balaban J connectivity index is 1.27. The Morgan fingerprint density at radius 3 is 1.63 bits per heavy atom. The van der Waals surface area contributed by atoms with Crippen molar-refractivity contribution in [3.63, 3.8) is 0 Å². The third-order valence-electron chi connectivity index (χ3n) is 9.51. The summed E-state index contributed by atoms with van der Waals surface area (Å²) in [6, 6.07) is 21.0. The van der Waals surface area contributed by atoms with Crippen molar-refractivity contribution < 1.29 is 62.9 Å². The Labute approximate surface area is 382 Å². The molecule has 0 fully saturated rings. The van der Waals surface area contributed by atoms with Crippen molar-refractivity contribution in [2.24, 2.45) is 0 Å². The number of phenols is 1. The highest BCUT2D eigenvalue weighted by Gasteiger charge is 2.36. The fourth-order valence-electron chi connectivity index (χ4n) is 6.24. The van der Waals surface area contributed by atoms with Crippen molar-refractivity contribution in [3.05, 3.63) is 141 Å². The number of carbonyl (C=O) groups excluding carboxylic acids is 6. The average molecular weight is 919 g/mol. The lowest BCUT2D eigenvalue weighted by Crippen LogP contribution is -2.54. The summed E-state index contributed by atoms with van der Waals surface area (Å²) in [5, 5.41) is 44.8. The minimum atomic E-state index is -1.85. The number of hydrogen-bond acceptors (Lipinski definition) is 13. The first-order chi connectivity index (χ1) is 31.8. The topological polar surface area (TPSA) is 291 Å². The molecule has 0 heterocycles. The Hall–Kier alpha value is -8.65. The second-order valence-electron chi connectivity index (χ2n) is 15.2. The van der Waals surface area contributed by atoms with Crippen LogP contribution in [-0.2, 0) is 14.3 Å². The summed E-state index contributed by atoms with van der Waals surface area (Å²) in [5.41, 5.74) is 0.779. The van der Waals surface area contributed by atoms with E-state index in [0.29, 0.717) is 5.56 Å². The lowest BCUT2D eigenvalue weighted by molar-refractivity contribution is -0.384. The number of nitro benzene ring substituents is 1. The monoisotopic (exact) mass is 918 g/mol. The smallest absolute Gasteiger partial charge is 0.335 e. The number of amides is 5. The molecule has 5 amide bonds. The molecule has 20 nitrogen and oxygen atoms in total. The van der Waals surface area contributed by atoms with Crippen LogP contribution in [0.25, 0.3) is 0 Å². The van der Waals surface area contributed by atoms with Gasteiger partial charge in [0, 0.05) is 52.9 Å². The van der Waals surface area contributed by atoms with E-state index >= 15 is 0 Å². The van der Waals surface area contributed by atoms with Gasteiger partial charge in [0.2, 0.25) is 5.91 Å². The molecule has 0 aliphatic rings. The summed E-state index contributed by atoms with van der Waals surface area (Å²) in [6.07, 6.45) is -2.65. The third kappa shape index (κ3) is 12.8. The molecule has 0 saturated carbocycles. The minimum Gasteiger partial charge on any atom is -0.504 e. The maximum atomic E-state index is 13.5. The van der Waals surface area contributed by atoms with Gasteiger partial charge in [-0.1, -0.05) is 0 Å². The number of anilines is 4. The predicted octanol–water partition coefficient (Wildman–Crippen LogP) is 6.67. The third-order valence-corrected chi connectivity index (χ3v) is 9.51. The Morgan fingerprint density at radius 1 is 0.612 bits per heavy atom. The lowest BCUT2D eigenvalue weighted by atomic mass is 10.1. The second kappa shape index (κ2) is 21.8. The van der Waals surface area contributed by atoms with Crippen molar-refractivity contribution in [2.45, 2.75) is 59.0 Å². The standard InChI is InChI=1S/C47H46N6O14/c1-24(2)66-37-23-30(26(5)54)13-21-35(37)50-45(59)34-20-22-36(40(39(34)55)67-25(3)4)51-43(57)27-7-16-32(17-8-27)49-46(60)38(41(65-6)47(61)62)52-44(58)28-9-14-31(15-10-28)48-42(56)29-11-18-33(19-12-29)53(63)64/h7-25,38,41,55H,1-6H3,(H,48,56)(H,49,60)(H,50,59)(H,51,57)(H,52,58)(H,61,62). The van der Waals surface area contributed by atoms with Crippen LogP contribution in [0.4, 0.5) is 28.4 Å². The summed E-state index contributed by atoms with van der Waals surface area (Å²) in [7, 11) is 1.04. The van der Waals surface area contributed by atoms with E-state index in [2.05, 4.69) is 26.6 Å². The number of aromatic hydroxyl groups is 1. The van der Waals surface area contributed by atoms with E-state index in [1.807, 2.05) is 0 Å². The number of carboxylic acid groups (broad SMARTS) is 1. The molecule has 5 aromatic carbocycles. The van der Waals surface area contributed by atoms with Gasteiger partial charge >= 0.3 is 5.97 Å². The van der Waals surface area contributed by atoms with Gasteiger partial charge in [-0.15, -0.1) is 0 Å².